The van der Waals surface area contributed by atoms with Crippen molar-refractivity contribution < 1.29 is 4.74 Å². The molecule has 0 saturated carbocycles. The monoisotopic (exact) mass is 385 g/mol. The van der Waals surface area contributed by atoms with Crippen LogP contribution in [0.5, 0.6) is 5.75 Å². The largest absolute Gasteiger partial charge is 0.491 e. The van der Waals surface area contributed by atoms with Gasteiger partial charge in [-0.05, 0) is 37.6 Å². The fraction of sp³-hybridized carbons (Fsp3) is 0.333. The third-order valence-corrected chi connectivity index (χ3v) is 5.01. The number of aromatic amines is 1. The second-order valence-electron chi connectivity index (χ2n) is 6.54. The second-order valence-corrected chi connectivity index (χ2v) is 6.94. The van der Waals surface area contributed by atoms with E-state index < -0.39 is 0 Å². The highest BCUT2D eigenvalue weighted by Gasteiger charge is 2.15. The zero-order valence-electron chi connectivity index (χ0n) is 15.6. The maximum atomic E-state index is 12.3. The molecular formula is C21H24ClN3O2. The molecule has 5 nitrogen and oxygen atoms in total. The summed E-state index contributed by atoms with van der Waals surface area (Å²) in [6.45, 7) is 6.07. The lowest BCUT2D eigenvalue weighted by Gasteiger charge is -2.27. The van der Waals surface area contributed by atoms with Gasteiger partial charge < -0.3 is 9.72 Å². The molecule has 1 N–H and O–H groups in total. The molecule has 0 aliphatic heterocycles. The molecule has 0 aliphatic rings. The Morgan fingerprint density at radius 1 is 1.19 bits per heavy atom. The van der Waals surface area contributed by atoms with Crippen LogP contribution in [-0.2, 0) is 6.54 Å². The standard InChI is InChI=1S/C21H24ClN3O2/c1-3-15(2)25(12-13-27-19-11-7-5-9-17(19)22)14-20-23-18-10-6-4-8-16(18)21(26)24-20/h4-11,15H,3,12-14H2,1-2H3,(H,23,24,26). The molecular weight excluding hydrogens is 362 g/mol. The van der Waals surface area contributed by atoms with Crippen molar-refractivity contribution in [1.29, 1.82) is 0 Å². The summed E-state index contributed by atoms with van der Waals surface area (Å²) in [6, 6.07) is 15.2. The molecule has 3 rings (SSSR count). The number of hydrogen-bond donors (Lipinski definition) is 1. The third kappa shape index (κ3) is 4.87. The van der Waals surface area contributed by atoms with E-state index >= 15 is 0 Å². The highest BCUT2D eigenvalue weighted by atomic mass is 35.5. The molecule has 0 radical (unpaired) electrons. The Bertz CT molecular complexity index is 957. The highest BCUT2D eigenvalue weighted by molar-refractivity contribution is 6.32. The topological polar surface area (TPSA) is 58.2 Å². The Balaban J connectivity index is 1.72. The van der Waals surface area contributed by atoms with Crippen LogP contribution in [0, 0.1) is 0 Å². The van der Waals surface area contributed by atoms with Crippen LogP contribution < -0.4 is 10.3 Å². The van der Waals surface area contributed by atoms with Crippen LogP contribution in [0.1, 0.15) is 26.1 Å². The van der Waals surface area contributed by atoms with E-state index in [4.69, 9.17) is 16.3 Å². The number of benzene rings is 2. The lowest BCUT2D eigenvalue weighted by molar-refractivity contribution is 0.154. The van der Waals surface area contributed by atoms with Gasteiger partial charge in [0.25, 0.3) is 5.56 Å². The van der Waals surface area contributed by atoms with Gasteiger partial charge in [0.1, 0.15) is 18.2 Å². The smallest absolute Gasteiger partial charge is 0.258 e. The maximum Gasteiger partial charge on any atom is 0.258 e. The molecule has 0 spiro atoms. The Hall–Kier alpha value is -2.37. The molecule has 0 fully saturated rings. The van der Waals surface area contributed by atoms with Crippen LogP contribution in [0.25, 0.3) is 10.9 Å². The minimum Gasteiger partial charge on any atom is -0.491 e. The van der Waals surface area contributed by atoms with Crippen molar-refractivity contribution in [1.82, 2.24) is 14.9 Å². The van der Waals surface area contributed by atoms with Gasteiger partial charge in [0, 0.05) is 12.6 Å². The second kappa shape index (κ2) is 9.02. The third-order valence-electron chi connectivity index (χ3n) is 4.70. The summed E-state index contributed by atoms with van der Waals surface area (Å²) in [5, 5.41) is 1.21. The summed E-state index contributed by atoms with van der Waals surface area (Å²) in [7, 11) is 0. The van der Waals surface area contributed by atoms with E-state index in [2.05, 4.69) is 28.7 Å². The van der Waals surface area contributed by atoms with E-state index in [0.29, 0.717) is 53.2 Å². The summed E-state index contributed by atoms with van der Waals surface area (Å²) < 4.78 is 5.83. The Kier molecular flexibility index (Phi) is 6.48. The van der Waals surface area contributed by atoms with Gasteiger partial charge in [-0.25, -0.2) is 4.98 Å². The molecule has 0 bridgehead atoms. The number of nitrogens with one attached hydrogen (secondary N) is 1. The van der Waals surface area contributed by atoms with Crippen molar-refractivity contribution in [3.63, 3.8) is 0 Å². The fourth-order valence-electron chi connectivity index (χ4n) is 2.95. The number of nitrogens with zero attached hydrogens (tertiary/aromatic N) is 2. The lowest BCUT2D eigenvalue weighted by Crippen LogP contribution is -2.36. The Morgan fingerprint density at radius 3 is 2.70 bits per heavy atom. The number of fused-ring (bicyclic) bond motifs is 1. The molecule has 0 aliphatic carbocycles. The molecule has 1 atom stereocenters. The molecule has 1 unspecified atom stereocenters. The zero-order chi connectivity index (χ0) is 19.2. The van der Waals surface area contributed by atoms with Crippen molar-refractivity contribution in [2.24, 2.45) is 0 Å². The molecule has 3 aromatic rings. The Labute approximate surface area is 164 Å². The van der Waals surface area contributed by atoms with E-state index in [1.165, 1.54) is 0 Å². The highest BCUT2D eigenvalue weighted by Crippen LogP contribution is 2.23. The molecule has 6 heteroatoms. The summed E-state index contributed by atoms with van der Waals surface area (Å²) in [6.07, 6.45) is 0.990. The van der Waals surface area contributed by atoms with Crippen LogP contribution in [0.2, 0.25) is 5.02 Å². The van der Waals surface area contributed by atoms with Gasteiger partial charge in [0.2, 0.25) is 0 Å². The van der Waals surface area contributed by atoms with Crippen LogP contribution in [0.15, 0.2) is 53.3 Å². The van der Waals surface area contributed by atoms with Gasteiger partial charge in [-0.15, -0.1) is 0 Å². The van der Waals surface area contributed by atoms with Gasteiger partial charge in [0.05, 0.1) is 22.5 Å². The van der Waals surface area contributed by atoms with E-state index in [1.807, 2.05) is 42.5 Å². The number of rotatable bonds is 8. The van der Waals surface area contributed by atoms with Crippen LogP contribution in [-0.4, -0.2) is 34.1 Å². The van der Waals surface area contributed by atoms with Crippen molar-refractivity contribution >= 4 is 22.5 Å². The van der Waals surface area contributed by atoms with E-state index in [9.17, 15) is 4.79 Å². The van der Waals surface area contributed by atoms with Crippen molar-refractivity contribution in [3.8, 4) is 5.75 Å². The first kappa shape index (κ1) is 19.4. The number of hydrogen-bond acceptors (Lipinski definition) is 4. The van der Waals surface area contributed by atoms with Crippen LogP contribution in [0.3, 0.4) is 0 Å². The molecule has 142 valence electrons. The van der Waals surface area contributed by atoms with E-state index in [0.717, 1.165) is 6.42 Å². The lowest BCUT2D eigenvalue weighted by atomic mass is 10.2. The summed E-state index contributed by atoms with van der Waals surface area (Å²) in [4.78, 5) is 22.1. The van der Waals surface area contributed by atoms with Crippen LogP contribution in [0.4, 0.5) is 0 Å². The van der Waals surface area contributed by atoms with Crippen LogP contribution >= 0.6 is 11.6 Å². The number of ether oxygens (including phenoxy) is 1. The minimum absolute atomic E-state index is 0.105. The average molecular weight is 386 g/mol. The first-order chi connectivity index (χ1) is 13.1. The van der Waals surface area contributed by atoms with Gasteiger partial charge >= 0.3 is 0 Å². The number of H-pyrrole nitrogens is 1. The molecule has 27 heavy (non-hydrogen) atoms. The summed E-state index contributed by atoms with van der Waals surface area (Å²) >= 11 is 6.14. The molecule has 2 aromatic carbocycles. The first-order valence-corrected chi connectivity index (χ1v) is 9.55. The van der Waals surface area contributed by atoms with Gasteiger partial charge in [-0.2, -0.15) is 0 Å². The molecule has 1 heterocycles. The minimum atomic E-state index is -0.105. The predicted molar refractivity (Wildman–Crippen MR) is 109 cm³/mol. The normalized spacial score (nSPS) is 12.4. The molecule has 0 saturated heterocycles. The SMILES string of the molecule is CCC(C)N(CCOc1ccccc1Cl)Cc1nc2ccccc2c(=O)[nH]1. The summed E-state index contributed by atoms with van der Waals surface area (Å²) in [5.74, 6) is 1.34. The van der Waals surface area contributed by atoms with Gasteiger partial charge in [-0.1, -0.05) is 42.8 Å². The quantitative estimate of drug-likeness (QED) is 0.629. The van der Waals surface area contributed by atoms with Crippen molar-refractivity contribution in [2.45, 2.75) is 32.9 Å². The van der Waals surface area contributed by atoms with E-state index in [1.54, 1.807) is 6.07 Å². The average Bonchev–Trinajstić information content (AvgIpc) is 2.68. The zero-order valence-corrected chi connectivity index (χ0v) is 16.4. The number of aromatic nitrogens is 2. The maximum absolute atomic E-state index is 12.3. The van der Waals surface area contributed by atoms with Crippen molar-refractivity contribution in [2.75, 3.05) is 13.2 Å². The molecule has 1 aromatic heterocycles. The van der Waals surface area contributed by atoms with Crippen molar-refractivity contribution in [3.05, 3.63) is 69.7 Å². The fourth-order valence-corrected chi connectivity index (χ4v) is 3.14. The van der Waals surface area contributed by atoms with E-state index in [-0.39, 0.29) is 5.56 Å². The Morgan fingerprint density at radius 2 is 1.93 bits per heavy atom. The number of para-hydroxylation sites is 2. The van der Waals surface area contributed by atoms with Gasteiger partial charge in [0.15, 0.2) is 0 Å². The molecule has 0 amide bonds. The number of halogens is 1. The first-order valence-electron chi connectivity index (χ1n) is 9.17. The van der Waals surface area contributed by atoms with Gasteiger partial charge in [-0.3, -0.25) is 9.69 Å². The summed E-state index contributed by atoms with van der Waals surface area (Å²) in [5.41, 5.74) is 0.611. The predicted octanol–water partition coefficient (Wildman–Crippen LogP) is 4.26.